The number of Topliss-reactive ketones (excluding diaryl/α,β-unsaturated/α-hetero) is 1. The zero-order valence-electron chi connectivity index (χ0n) is 19.0. The van der Waals surface area contributed by atoms with Crippen molar-refractivity contribution in [1.82, 2.24) is 0 Å². The van der Waals surface area contributed by atoms with Crippen LogP contribution in [-0.2, 0) is 9.53 Å². The van der Waals surface area contributed by atoms with E-state index in [4.69, 9.17) is 16.2 Å². The summed E-state index contributed by atoms with van der Waals surface area (Å²) in [5.74, 6) is 4.91. The average Bonchev–Trinajstić information content (AvgIpc) is 3.67. The van der Waals surface area contributed by atoms with Gasteiger partial charge in [-0.05, 0) is 88.5 Å². The fourth-order valence-corrected chi connectivity index (χ4v) is 5.63. The second kappa shape index (κ2) is 8.37. The van der Waals surface area contributed by atoms with Crippen LogP contribution in [0.25, 0.3) is 0 Å². The normalized spacial score (nSPS) is 31.8. The van der Waals surface area contributed by atoms with Gasteiger partial charge in [-0.3, -0.25) is 9.79 Å². The lowest BCUT2D eigenvalue weighted by Gasteiger charge is -2.18. The maximum atomic E-state index is 13.1. The van der Waals surface area contributed by atoms with Crippen molar-refractivity contribution in [3.8, 4) is 12.3 Å². The van der Waals surface area contributed by atoms with Crippen LogP contribution in [-0.4, -0.2) is 24.6 Å². The molecule has 0 bridgehead atoms. The first-order valence-corrected chi connectivity index (χ1v) is 11.9. The van der Waals surface area contributed by atoms with Crippen LogP contribution in [0.5, 0.6) is 0 Å². The molecule has 3 fully saturated rings. The molecule has 30 heavy (non-hydrogen) atoms. The van der Waals surface area contributed by atoms with Gasteiger partial charge in [0.1, 0.15) is 5.78 Å². The van der Waals surface area contributed by atoms with Crippen molar-refractivity contribution in [2.24, 2.45) is 27.7 Å². The average molecular weight is 408 g/mol. The molecule has 0 amide bonds. The van der Waals surface area contributed by atoms with Crippen molar-refractivity contribution < 1.29 is 9.53 Å². The number of nitrogens with zero attached hydrogens (tertiary/aromatic N) is 1. The maximum absolute atomic E-state index is 13.1. The molecule has 0 aromatic carbocycles. The molecule has 3 aliphatic carbocycles. The highest BCUT2D eigenvalue weighted by atomic mass is 16.5. The number of carbonyl (C=O) groups is 1. The number of methoxy groups -OCH3 is 1. The molecule has 1 heterocycles. The first-order chi connectivity index (χ1) is 14.4. The van der Waals surface area contributed by atoms with E-state index in [2.05, 4.69) is 19.8 Å². The Kier molecular flexibility index (Phi) is 5.97. The number of carbonyl (C=O) groups excluding carboxylic acids is 1. The van der Waals surface area contributed by atoms with Crippen LogP contribution >= 0.6 is 0 Å². The van der Waals surface area contributed by atoms with E-state index < -0.39 is 0 Å². The Hall–Kier alpha value is -1.82. The number of ketones is 1. The minimum atomic E-state index is -0.232. The molecule has 4 rings (SSSR count). The summed E-state index contributed by atoms with van der Waals surface area (Å²) in [6, 6.07) is 0.566. The molecular formula is C27H37NO2. The number of hydrogen-bond donors (Lipinski definition) is 0. The van der Waals surface area contributed by atoms with E-state index in [0.29, 0.717) is 35.3 Å². The fraction of sp³-hybridized carbons (Fsp3) is 0.704. The van der Waals surface area contributed by atoms with Gasteiger partial charge in [0.05, 0.1) is 13.2 Å². The quantitative estimate of drug-likeness (QED) is 0.279. The van der Waals surface area contributed by atoms with Gasteiger partial charge >= 0.3 is 0 Å². The van der Waals surface area contributed by atoms with Crippen molar-refractivity contribution in [1.29, 1.82) is 0 Å². The molecule has 3 unspecified atom stereocenters. The molecule has 3 atom stereocenters. The molecule has 3 heteroatoms. The topological polar surface area (TPSA) is 38.7 Å². The van der Waals surface area contributed by atoms with E-state index in [1.54, 1.807) is 7.11 Å². The molecule has 1 aliphatic heterocycles. The summed E-state index contributed by atoms with van der Waals surface area (Å²) < 4.78 is 5.13. The second-order valence-electron chi connectivity index (χ2n) is 10.5. The number of fused-ring (bicyclic) bond motifs is 1. The molecule has 162 valence electrons. The van der Waals surface area contributed by atoms with Crippen molar-refractivity contribution in [2.45, 2.75) is 90.5 Å². The minimum Gasteiger partial charge on any atom is -0.489 e. The SMILES string of the molecule is C#CC(=CC=C(C)C1(C(=O)CCC2CCC3CC(C4(C)CC4)=NC3CC2)CC1)OC. The maximum Gasteiger partial charge on any atom is 0.169 e. The van der Waals surface area contributed by atoms with Crippen LogP contribution in [0, 0.1) is 35.0 Å². The molecule has 0 radical (unpaired) electrons. The van der Waals surface area contributed by atoms with Gasteiger partial charge in [-0.15, -0.1) is 6.42 Å². The van der Waals surface area contributed by atoms with E-state index in [9.17, 15) is 4.79 Å². The Labute approximate surface area is 182 Å². The summed E-state index contributed by atoms with van der Waals surface area (Å²) in [7, 11) is 1.58. The molecule has 0 saturated heterocycles. The number of allylic oxidation sites excluding steroid dienone is 4. The van der Waals surface area contributed by atoms with Crippen LogP contribution in [0.4, 0.5) is 0 Å². The first kappa shape index (κ1) is 21.4. The van der Waals surface area contributed by atoms with Gasteiger partial charge in [0.15, 0.2) is 5.76 Å². The molecule has 0 aromatic rings. The molecule has 0 spiro atoms. The molecule has 0 aromatic heterocycles. The van der Waals surface area contributed by atoms with Gasteiger partial charge in [0.2, 0.25) is 0 Å². The van der Waals surface area contributed by atoms with Crippen molar-refractivity contribution in [2.75, 3.05) is 7.11 Å². The zero-order valence-corrected chi connectivity index (χ0v) is 19.0. The summed E-state index contributed by atoms with van der Waals surface area (Å²) >= 11 is 0. The van der Waals surface area contributed by atoms with Crippen LogP contribution in [0.1, 0.15) is 84.5 Å². The standard InChI is InChI=1S/C27H37NO2/c1-5-22(30-4)11-6-19(2)27(16-17-27)25(29)13-9-20-7-10-21-18-24(26(3)14-15-26)28-23(21)12-8-20/h1,6,11,20-21,23H,7-10,12-18H2,2-4H3. The van der Waals surface area contributed by atoms with E-state index in [0.717, 1.165) is 30.8 Å². The van der Waals surface area contributed by atoms with Crippen LogP contribution in [0.2, 0.25) is 0 Å². The lowest BCUT2D eigenvalue weighted by atomic mass is 9.85. The van der Waals surface area contributed by atoms with Crippen molar-refractivity contribution >= 4 is 11.5 Å². The predicted molar refractivity (Wildman–Crippen MR) is 122 cm³/mol. The molecule has 3 nitrogen and oxygen atoms in total. The molecule has 0 N–H and O–H groups in total. The Morgan fingerprint density at radius 3 is 2.57 bits per heavy atom. The third-order valence-electron chi connectivity index (χ3n) is 8.50. The molecular weight excluding hydrogens is 370 g/mol. The molecule has 3 saturated carbocycles. The van der Waals surface area contributed by atoms with Crippen LogP contribution < -0.4 is 0 Å². The first-order valence-electron chi connectivity index (χ1n) is 11.9. The summed E-state index contributed by atoms with van der Waals surface area (Å²) in [5.41, 5.74) is 2.88. The number of aliphatic imine (C=N–C) groups is 1. The highest BCUT2D eigenvalue weighted by molar-refractivity contribution is 5.94. The van der Waals surface area contributed by atoms with Crippen molar-refractivity contribution in [3.05, 3.63) is 23.5 Å². The van der Waals surface area contributed by atoms with Crippen LogP contribution in [0.15, 0.2) is 28.5 Å². The van der Waals surface area contributed by atoms with Gasteiger partial charge in [0, 0.05) is 23.0 Å². The number of ether oxygens (including phenoxy) is 1. The number of terminal acetylenes is 1. The third kappa shape index (κ3) is 4.29. The monoisotopic (exact) mass is 407 g/mol. The summed E-state index contributed by atoms with van der Waals surface area (Å²) in [4.78, 5) is 18.2. The van der Waals surface area contributed by atoms with Gasteiger partial charge in [-0.25, -0.2) is 0 Å². The Morgan fingerprint density at radius 1 is 1.20 bits per heavy atom. The van der Waals surface area contributed by atoms with E-state index in [1.807, 2.05) is 12.2 Å². The van der Waals surface area contributed by atoms with Crippen molar-refractivity contribution in [3.63, 3.8) is 0 Å². The van der Waals surface area contributed by atoms with E-state index in [-0.39, 0.29) is 5.41 Å². The summed E-state index contributed by atoms with van der Waals surface area (Å²) in [6.45, 7) is 4.46. The zero-order chi connectivity index (χ0) is 21.4. The van der Waals surface area contributed by atoms with Gasteiger partial charge in [-0.2, -0.15) is 0 Å². The molecule has 4 aliphatic rings. The van der Waals surface area contributed by atoms with Gasteiger partial charge in [0.25, 0.3) is 0 Å². The summed E-state index contributed by atoms with van der Waals surface area (Å²) in [6.07, 6.45) is 21.9. The predicted octanol–water partition coefficient (Wildman–Crippen LogP) is 6.05. The van der Waals surface area contributed by atoms with E-state index >= 15 is 0 Å². The summed E-state index contributed by atoms with van der Waals surface area (Å²) in [5, 5.41) is 0. The highest BCUT2D eigenvalue weighted by Gasteiger charge is 2.50. The lowest BCUT2D eigenvalue weighted by Crippen LogP contribution is -2.18. The largest absolute Gasteiger partial charge is 0.489 e. The minimum absolute atomic E-state index is 0.232. The Bertz CT molecular complexity index is 816. The lowest BCUT2D eigenvalue weighted by molar-refractivity contribution is -0.123. The third-order valence-corrected chi connectivity index (χ3v) is 8.50. The van der Waals surface area contributed by atoms with Gasteiger partial charge in [-0.1, -0.05) is 25.0 Å². The Morgan fingerprint density at radius 2 is 1.93 bits per heavy atom. The van der Waals surface area contributed by atoms with Gasteiger partial charge < -0.3 is 4.74 Å². The second-order valence-corrected chi connectivity index (χ2v) is 10.5. The Balaban J connectivity index is 1.29. The van der Waals surface area contributed by atoms with E-state index in [1.165, 1.54) is 50.7 Å². The number of hydrogen-bond acceptors (Lipinski definition) is 3. The van der Waals surface area contributed by atoms with Crippen LogP contribution in [0.3, 0.4) is 0 Å². The smallest absolute Gasteiger partial charge is 0.169 e. The fourth-order valence-electron chi connectivity index (χ4n) is 5.63. The number of rotatable bonds is 8. The highest BCUT2D eigenvalue weighted by Crippen LogP contribution is 2.54.